The van der Waals surface area contributed by atoms with E-state index in [0.29, 0.717) is 5.52 Å². The van der Waals surface area contributed by atoms with E-state index in [1.807, 2.05) is 0 Å². The Balaban J connectivity index is 1.88. The van der Waals surface area contributed by atoms with E-state index in [-0.39, 0.29) is 28.5 Å². The summed E-state index contributed by atoms with van der Waals surface area (Å²) in [6.45, 7) is 0. The van der Waals surface area contributed by atoms with Crippen LogP contribution in [0.15, 0.2) is 83.9 Å². The summed E-state index contributed by atoms with van der Waals surface area (Å²) in [6, 6.07) is 18.8. The van der Waals surface area contributed by atoms with E-state index in [2.05, 4.69) is 9.98 Å². The highest BCUT2D eigenvalue weighted by atomic mass is 19.4. The van der Waals surface area contributed by atoms with E-state index in [4.69, 9.17) is 4.74 Å². The average Bonchev–Trinajstić information content (AvgIpc) is 3.11. The van der Waals surface area contributed by atoms with Crippen molar-refractivity contribution < 1.29 is 22.3 Å². The molecule has 0 fully saturated rings. The molecule has 1 atom stereocenters. The molecule has 1 aliphatic rings. The van der Waals surface area contributed by atoms with Crippen LogP contribution >= 0.6 is 0 Å². The molecule has 30 heavy (non-hydrogen) atoms. The van der Waals surface area contributed by atoms with Crippen molar-refractivity contribution >= 4 is 22.9 Å². The minimum atomic E-state index is -4.89. The van der Waals surface area contributed by atoms with Crippen molar-refractivity contribution in [2.75, 3.05) is 0 Å². The molecule has 0 saturated carbocycles. The number of alkyl halides is 3. The predicted octanol–water partition coefficient (Wildman–Crippen LogP) is 5.55. The second-order valence-electron chi connectivity index (χ2n) is 6.77. The van der Waals surface area contributed by atoms with Gasteiger partial charge in [-0.25, -0.2) is 9.37 Å². The van der Waals surface area contributed by atoms with E-state index in [1.165, 1.54) is 48.5 Å². The second kappa shape index (κ2) is 6.41. The first-order valence-electron chi connectivity index (χ1n) is 9.04. The highest BCUT2D eigenvalue weighted by Gasteiger charge is 2.63. The topological polar surface area (TPSA) is 39.4 Å². The van der Waals surface area contributed by atoms with Crippen molar-refractivity contribution in [3.8, 4) is 0 Å². The molecule has 1 aromatic heterocycles. The van der Waals surface area contributed by atoms with Crippen molar-refractivity contribution in [1.82, 2.24) is 9.55 Å². The Morgan fingerprint density at radius 3 is 2.33 bits per heavy atom. The molecule has 0 bridgehead atoms. The largest absolute Gasteiger partial charge is 0.454 e. The zero-order valence-corrected chi connectivity index (χ0v) is 15.3. The Labute approximate surface area is 168 Å². The number of para-hydroxylation sites is 2. The Kier molecular flexibility index (Phi) is 3.92. The fourth-order valence-corrected chi connectivity index (χ4v) is 3.64. The minimum absolute atomic E-state index is 0.0814. The molecule has 0 aliphatic carbocycles. The van der Waals surface area contributed by atoms with Crippen LogP contribution in [-0.4, -0.2) is 21.6 Å². The third-order valence-corrected chi connectivity index (χ3v) is 4.92. The lowest BCUT2D eigenvalue weighted by molar-refractivity contribution is -0.271. The molecule has 3 aromatic carbocycles. The molecule has 4 nitrogen and oxygen atoms in total. The molecule has 150 valence electrons. The smallest absolute Gasteiger partial charge is 0.436 e. The number of fused-ring (bicyclic) bond motifs is 3. The molecule has 0 spiro atoms. The summed E-state index contributed by atoms with van der Waals surface area (Å²) in [5, 5.41) is 0. The third-order valence-electron chi connectivity index (χ3n) is 4.92. The third kappa shape index (κ3) is 2.60. The Hall–Kier alpha value is -3.68. The number of aliphatic imine (C=N–C) groups is 1. The second-order valence-corrected chi connectivity index (χ2v) is 6.77. The number of halogens is 4. The van der Waals surface area contributed by atoms with Crippen molar-refractivity contribution in [3.05, 3.63) is 95.8 Å². The van der Waals surface area contributed by atoms with Crippen LogP contribution in [0.2, 0.25) is 0 Å². The summed E-state index contributed by atoms with van der Waals surface area (Å²) in [6.07, 6.45) is -4.89. The molecule has 1 aliphatic heterocycles. The van der Waals surface area contributed by atoms with Gasteiger partial charge in [0.25, 0.3) is 0 Å². The summed E-state index contributed by atoms with van der Waals surface area (Å²) in [4.78, 5) is 8.50. The minimum Gasteiger partial charge on any atom is -0.436 e. The van der Waals surface area contributed by atoms with Gasteiger partial charge >= 0.3 is 11.9 Å². The first-order valence-corrected chi connectivity index (χ1v) is 9.04. The highest BCUT2D eigenvalue weighted by Crippen LogP contribution is 2.49. The first-order chi connectivity index (χ1) is 14.4. The van der Waals surface area contributed by atoms with E-state index in [0.717, 1.165) is 10.6 Å². The Bertz CT molecular complexity index is 1280. The molecule has 0 amide bonds. The van der Waals surface area contributed by atoms with Gasteiger partial charge in [-0.15, -0.1) is 0 Å². The Morgan fingerprint density at radius 2 is 1.60 bits per heavy atom. The maximum absolute atomic E-state index is 14.8. The molecule has 4 aromatic rings. The van der Waals surface area contributed by atoms with Gasteiger partial charge in [0, 0.05) is 11.1 Å². The summed E-state index contributed by atoms with van der Waals surface area (Å²) in [5.74, 6) is -1.16. The van der Waals surface area contributed by atoms with Crippen LogP contribution in [0.3, 0.4) is 0 Å². The van der Waals surface area contributed by atoms with E-state index in [9.17, 15) is 17.6 Å². The van der Waals surface area contributed by atoms with Crippen LogP contribution in [-0.2, 0) is 10.5 Å². The van der Waals surface area contributed by atoms with Gasteiger partial charge < -0.3 is 4.74 Å². The maximum Gasteiger partial charge on any atom is 0.454 e. The normalized spacial score (nSPS) is 18.6. The van der Waals surface area contributed by atoms with E-state index >= 15 is 0 Å². The molecule has 5 rings (SSSR count). The van der Waals surface area contributed by atoms with Gasteiger partial charge in [-0.3, -0.25) is 4.57 Å². The SMILES string of the molecule is Fc1cccc(C2=Nc3nc4ccccc4n3[C@@](c3ccccc3)(C(F)(F)F)O2)c1. The van der Waals surface area contributed by atoms with Gasteiger partial charge in [-0.1, -0.05) is 48.5 Å². The van der Waals surface area contributed by atoms with Gasteiger partial charge in [0.05, 0.1) is 11.0 Å². The fraction of sp³-hybridized carbons (Fsp3) is 0.0909. The maximum atomic E-state index is 14.8. The standard InChI is InChI=1S/C22H13F4N3O/c23-16-10-6-7-14(13-16)19-28-20-27-17-11-4-5-12-18(17)29(20)21(30-19,22(24,25)26)15-8-2-1-3-9-15/h1-13H/t21-/m1/s1. The molecular weight excluding hydrogens is 398 g/mol. The summed E-state index contributed by atoms with van der Waals surface area (Å²) in [5.41, 5.74) is -2.44. The lowest BCUT2D eigenvalue weighted by Crippen LogP contribution is -2.53. The number of benzene rings is 3. The predicted molar refractivity (Wildman–Crippen MR) is 103 cm³/mol. The van der Waals surface area contributed by atoms with Crippen LogP contribution in [0.4, 0.5) is 23.5 Å². The number of ether oxygens (including phenoxy) is 1. The van der Waals surface area contributed by atoms with Crippen molar-refractivity contribution in [3.63, 3.8) is 0 Å². The average molecular weight is 411 g/mol. The van der Waals surface area contributed by atoms with Gasteiger partial charge in [-0.2, -0.15) is 18.2 Å². The fourth-order valence-electron chi connectivity index (χ4n) is 3.64. The monoisotopic (exact) mass is 411 g/mol. The molecular formula is C22H13F4N3O. The van der Waals surface area contributed by atoms with Crippen LogP contribution in [0.1, 0.15) is 11.1 Å². The number of aromatic nitrogens is 2. The lowest BCUT2D eigenvalue weighted by atomic mass is 10.00. The van der Waals surface area contributed by atoms with Gasteiger partial charge in [0.15, 0.2) is 0 Å². The molecule has 0 unspecified atom stereocenters. The lowest BCUT2D eigenvalue weighted by Gasteiger charge is -2.40. The van der Waals surface area contributed by atoms with Crippen molar-refractivity contribution in [2.24, 2.45) is 4.99 Å². The molecule has 0 N–H and O–H groups in total. The number of imidazole rings is 1. The zero-order valence-electron chi connectivity index (χ0n) is 15.3. The van der Waals surface area contributed by atoms with E-state index in [1.54, 1.807) is 24.3 Å². The number of hydrogen-bond acceptors (Lipinski definition) is 3. The number of rotatable bonds is 2. The van der Waals surface area contributed by atoms with Crippen molar-refractivity contribution in [1.29, 1.82) is 0 Å². The molecule has 8 heteroatoms. The van der Waals surface area contributed by atoms with Crippen molar-refractivity contribution in [2.45, 2.75) is 11.9 Å². The summed E-state index contributed by atoms with van der Waals surface area (Å²) < 4.78 is 64.9. The zero-order chi connectivity index (χ0) is 20.9. The number of hydrogen-bond donors (Lipinski definition) is 0. The summed E-state index contributed by atoms with van der Waals surface area (Å²) in [7, 11) is 0. The van der Waals surface area contributed by atoms with E-state index < -0.39 is 17.7 Å². The van der Waals surface area contributed by atoms with Crippen LogP contribution in [0.5, 0.6) is 0 Å². The van der Waals surface area contributed by atoms with Crippen LogP contribution in [0, 0.1) is 5.82 Å². The van der Waals surface area contributed by atoms with Gasteiger partial charge in [0.1, 0.15) is 5.82 Å². The number of nitrogens with zero attached hydrogens (tertiary/aromatic N) is 3. The van der Waals surface area contributed by atoms with Gasteiger partial charge in [-0.05, 0) is 30.3 Å². The quantitative estimate of drug-likeness (QED) is 0.406. The van der Waals surface area contributed by atoms with Gasteiger partial charge in [0.2, 0.25) is 11.8 Å². The Morgan fingerprint density at radius 1 is 0.867 bits per heavy atom. The molecule has 0 saturated heterocycles. The molecule has 0 radical (unpaired) electrons. The highest BCUT2D eigenvalue weighted by molar-refractivity contribution is 5.97. The first kappa shape index (κ1) is 18.4. The summed E-state index contributed by atoms with van der Waals surface area (Å²) >= 11 is 0. The molecule has 2 heterocycles. The van der Waals surface area contributed by atoms with Crippen LogP contribution < -0.4 is 0 Å². The van der Waals surface area contributed by atoms with Crippen LogP contribution in [0.25, 0.3) is 11.0 Å².